The van der Waals surface area contributed by atoms with Gasteiger partial charge in [-0.2, -0.15) is 0 Å². The first-order chi connectivity index (χ1) is 10.6. The molecule has 0 radical (unpaired) electrons. The Balaban J connectivity index is 1.34. The zero-order valence-corrected chi connectivity index (χ0v) is 14.1. The lowest BCUT2D eigenvalue weighted by atomic mass is 9.79. The smallest absolute Gasteiger partial charge is 0.0774 e. The van der Waals surface area contributed by atoms with Gasteiger partial charge in [0.25, 0.3) is 0 Å². The van der Waals surface area contributed by atoms with E-state index in [-0.39, 0.29) is 0 Å². The number of hydrogen-bond donors (Lipinski definition) is 1. The molecule has 1 unspecified atom stereocenters. The predicted octanol–water partition coefficient (Wildman–Crippen LogP) is 2.45. The van der Waals surface area contributed by atoms with Gasteiger partial charge in [-0.05, 0) is 50.9 Å². The first-order valence-corrected chi connectivity index (χ1v) is 9.27. The van der Waals surface area contributed by atoms with Crippen LogP contribution in [0, 0.1) is 11.8 Å². The summed E-state index contributed by atoms with van der Waals surface area (Å²) in [6.45, 7) is 7.97. The summed E-state index contributed by atoms with van der Waals surface area (Å²) < 4.78 is 11.5. The van der Waals surface area contributed by atoms with Crippen LogP contribution in [0.2, 0.25) is 0 Å². The second-order valence-electron chi connectivity index (χ2n) is 7.95. The summed E-state index contributed by atoms with van der Waals surface area (Å²) >= 11 is 0. The van der Waals surface area contributed by atoms with Crippen LogP contribution in [0.25, 0.3) is 0 Å². The first-order valence-electron chi connectivity index (χ1n) is 9.27. The van der Waals surface area contributed by atoms with Crippen molar-refractivity contribution >= 4 is 0 Å². The SMILES string of the molecule is CC1CCC(O)(CN2CCC(OCC3CCOC3)CC2)CC1. The normalized spacial score (nSPS) is 38.5. The van der Waals surface area contributed by atoms with Gasteiger partial charge in [0.1, 0.15) is 0 Å². The molecule has 0 aromatic heterocycles. The molecule has 128 valence electrons. The number of β-amino-alcohol motifs (C(OH)–C–C–N with tert-alkyl or cyclic N) is 1. The summed E-state index contributed by atoms with van der Waals surface area (Å²) in [5.41, 5.74) is -0.429. The number of piperidine rings is 1. The fourth-order valence-corrected chi connectivity index (χ4v) is 4.09. The number of nitrogens with zero attached hydrogens (tertiary/aromatic N) is 1. The van der Waals surface area contributed by atoms with Gasteiger partial charge in [0.05, 0.1) is 24.9 Å². The summed E-state index contributed by atoms with van der Waals surface area (Å²) in [4.78, 5) is 2.45. The molecule has 4 nitrogen and oxygen atoms in total. The molecular weight excluding hydrogens is 278 g/mol. The van der Waals surface area contributed by atoms with E-state index >= 15 is 0 Å². The van der Waals surface area contributed by atoms with E-state index in [0.717, 1.165) is 77.5 Å². The van der Waals surface area contributed by atoms with Gasteiger partial charge in [0.15, 0.2) is 0 Å². The molecule has 3 rings (SSSR count). The van der Waals surface area contributed by atoms with Crippen LogP contribution in [0.4, 0.5) is 0 Å². The standard InChI is InChI=1S/C18H33NO3/c1-15-2-7-18(20,8-3-15)14-19-9-4-17(5-10-19)22-13-16-6-11-21-12-16/h15-17,20H,2-14H2,1H3. The van der Waals surface area contributed by atoms with Gasteiger partial charge in [0.2, 0.25) is 0 Å². The number of hydrogen-bond acceptors (Lipinski definition) is 4. The molecule has 4 heteroatoms. The molecular formula is C18H33NO3. The lowest BCUT2D eigenvalue weighted by molar-refractivity contribution is -0.0574. The van der Waals surface area contributed by atoms with E-state index in [0.29, 0.717) is 12.0 Å². The van der Waals surface area contributed by atoms with Crippen molar-refractivity contribution in [2.75, 3.05) is 39.5 Å². The topological polar surface area (TPSA) is 41.9 Å². The third kappa shape index (κ3) is 4.67. The van der Waals surface area contributed by atoms with Crippen LogP contribution in [-0.4, -0.2) is 61.2 Å². The van der Waals surface area contributed by atoms with Crippen molar-refractivity contribution in [3.05, 3.63) is 0 Å². The largest absolute Gasteiger partial charge is 0.389 e. The minimum absolute atomic E-state index is 0.415. The van der Waals surface area contributed by atoms with Gasteiger partial charge >= 0.3 is 0 Å². The minimum atomic E-state index is -0.429. The molecule has 0 aromatic rings. The van der Waals surface area contributed by atoms with Crippen LogP contribution >= 0.6 is 0 Å². The lowest BCUT2D eigenvalue weighted by Crippen LogP contribution is -2.48. The Morgan fingerprint density at radius 1 is 1.14 bits per heavy atom. The highest BCUT2D eigenvalue weighted by Gasteiger charge is 2.34. The fourth-order valence-electron chi connectivity index (χ4n) is 4.09. The van der Waals surface area contributed by atoms with Crippen molar-refractivity contribution in [2.24, 2.45) is 11.8 Å². The molecule has 3 fully saturated rings. The Bertz CT molecular complexity index is 327. The Hall–Kier alpha value is -0.160. The molecule has 0 bridgehead atoms. The molecule has 2 aliphatic heterocycles. The number of aliphatic hydroxyl groups is 1. The van der Waals surface area contributed by atoms with Gasteiger partial charge in [-0.1, -0.05) is 6.92 Å². The highest BCUT2D eigenvalue weighted by molar-refractivity contribution is 4.88. The molecule has 2 heterocycles. The summed E-state index contributed by atoms with van der Waals surface area (Å²) in [6.07, 6.45) is 8.11. The second-order valence-corrected chi connectivity index (χ2v) is 7.95. The van der Waals surface area contributed by atoms with Crippen molar-refractivity contribution in [1.29, 1.82) is 0 Å². The summed E-state index contributed by atoms with van der Waals surface area (Å²) in [7, 11) is 0. The van der Waals surface area contributed by atoms with Crippen LogP contribution in [-0.2, 0) is 9.47 Å². The van der Waals surface area contributed by atoms with Crippen LogP contribution in [0.5, 0.6) is 0 Å². The maximum absolute atomic E-state index is 10.8. The third-order valence-corrected chi connectivity index (χ3v) is 5.85. The van der Waals surface area contributed by atoms with E-state index < -0.39 is 5.60 Å². The first kappa shape index (κ1) is 16.7. The Morgan fingerprint density at radius 2 is 1.86 bits per heavy atom. The third-order valence-electron chi connectivity index (χ3n) is 5.85. The van der Waals surface area contributed by atoms with Crippen molar-refractivity contribution in [3.63, 3.8) is 0 Å². The highest BCUT2D eigenvalue weighted by Crippen LogP contribution is 2.33. The van der Waals surface area contributed by atoms with E-state index in [4.69, 9.17) is 9.47 Å². The molecule has 0 spiro atoms. The fraction of sp³-hybridized carbons (Fsp3) is 1.00. The highest BCUT2D eigenvalue weighted by atomic mass is 16.5. The molecule has 1 atom stereocenters. The minimum Gasteiger partial charge on any atom is -0.389 e. The molecule has 22 heavy (non-hydrogen) atoms. The average Bonchev–Trinajstić information content (AvgIpc) is 3.03. The number of rotatable bonds is 5. The zero-order chi connectivity index (χ0) is 15.4. The summed E-state index contributed by atoms with van der Waals surface area (Å²) in [5.74, 6) is 1.40. The predicted molar refractivity (Wildman–Crippen MR) is 86.9 cm³/mol. The van der Waals surface area contributed by atoms with E-state index in [1.54, 1.807) is 0 Å². The van der Waals surface area contributed by atoms with Gasteiger partial charge in [-0.3, -0.25) is 0 Å². The molecule has 2 saturated heterocycles. The molecule has 0 aromatic carbocycles. The monoisotopic (exact) mass is 311 g/mol. The molecule has 0 amide bonds. The van der Waals surface area contributed by atoms with Crippen molar-refractivity contribution in [2.45, 2.75) is 63.6 Å². The van der Waals surface area contributed by atoms with Gasteiger partial charge < -0.3 is 19.5 Å². The molecule has 1 N–H and O–H groups in total. The lowest BCUT2D eigenvalue weighted by Gasteiger charge is -2.41. The second kappa shape index (κ2) is 7.61. The molecule has 1 saturated carbocycles. The van der Waals surface area contributed by atoms with Crippen LogP contribution < -0.4 is 0 Å². The van der Waals surface area contributed by atoms with Crippen molar-refractivity contribution in [3.8, 4) is 0 Å². The Labute approximate surface area is 135 Å². The molecule has 1 aliphatic carbocycles. The summed E-state index contributed by atoms with van der Waals surface area (Å²) in [6, 6.07) is 0. The average molecular weight is 311 g/mol. The van der Waals surface area contributed by atoms with Gasteiger partial charge in [0, 0.05) is 32.2 Å². The van der Waals surface area contributed by atoms with Gasteiger partial charge in [-0.25, -0.2) is 0 Å². The van der Waals surface area contributed by atoms with Crippen molar-refractivity contribution < 1.29 is 14.6 Å². The van der Waals surface area contributed by atoms with E-state index in [1.165, 1.54) is 12.8 Å². The van der Waals surface area contributed by atoms with Crippen molar-refractivity contribution in [1.82, 2.24) is 4.90 Å². The van der Waals surface area contributed by atoms with E-state index in [2.05, 4.69) is 11.8 Å². The van der Waals surface area contributed by atoms with Crippen LogP contribution in [0.15, 0.2) is 0 Å². The van der Waals surface area contributed by atoms with Crippen LogP contribution in [0.1, 0.15) is 51.9 Å². The quantitative estimate of drug-likeness (QED) is 0.847. The zero-order valence-electron chi connectivity index (χ0n) is 14.1. The maximum Gasteiger partial charge on any atom is 0.0774 e. The number of likely N-dealkylation sites (tertiary alicyclic amines) is 1. The number of ether oxygens (including phenoxy) is 2. The summed E-state index contributed by atoms with van der Waals surface area (Å²) in [5, 5.41) is 10.8. The molecule has 3 aliphatic rings. The maximum atomic E-state index is 10.8. The van der Waals surface area contributed by atoms with Gasteiger partial charge in [-0.15, -0.1) is 0 Å². The Morgan fingerprint density at radius 3 is 2.50 bits per heavy atom. The van der Waals surface area contributed by atoms with Crippen LogP contribution in [0.3, 0.4) is 0 Å². The Kier molecular flexibility index (Phi) is 5.77. The van der Waals surface area contributed by atoms with E-state index in [1.807, 2.05) is 0 Å². The van der Waals surface area contributed by atoms with E-state index in [9.17, 15) is 5.11 Å².